The van der Waals surface area contributed by atoms with Crippen LogP contribution in [0.25, 0.3) is 0 Å². The maximum absolute atomic E-state index is 2.54. The zero-order valence-electron chi connectivity index (χ0n) is 14.4. The molecule has 1 atom stereocenters. The summed E-state index contributed by atoms with van der Waals surface area (Å²) in [6.07, 6.45) is 0. The van der Waals surface area contributed by atoms with Gasteiger partial charge in [0, 0.05) is 17.0 Å². The average molecular weight is 439 g/mol. The number of rotatable bonds is 3. The van der Waals surface area contributed by atoms with Crippen LogP contribution < -0.4 is 24.0 Å². The van der Waals surface area contributed by atoms with Crippen LogP contribution in [0.1, 0.15) is 35.1 Å². The summed E-state index contributed by atoms with van der Waals surface area (Å²) in [5, 5.41) is 0. The number of hydrogen-bond donors (Lipinski definition) is 0. The molecule has 3 aromatic carbocycles. The van der Waals surface area contributed by atoms with Gasteiger partial charge in [-0.3, -0.25) is 0 Å². The highest BCUT2D eigenvalue weighted by Gasteiger charge is 2.30. The highest BCUT2D eigenvalue weighted by Crippen LogP contribution is 2.28. The van der Waals surface area contributed by atoms with E-state index in [2.05, 4.69) is 96.4 Å². The minimum atomic E-state index is 0. The van der Waals surface area contributed by atoms with Crippen molar-refractivity contribution in [3.63, 3.8) is 0 Å². The zero-order chi connectivity index (χ0) is 16.4. The molecule has 2 heteroatoms. The minimum absolute atomic E-state index is 0. The number of halogens is 1. The molecule has 0 spiro atoms. The molecule has 0 saturated carbocycles. The van der Waals surface area contributed by atoms with Crippen LogP contribution in [0.4, 0.5) is 0 Å². The average Bonchev–Trinajstić information content (AvgIpc) is 2.64. The molecule has 1 aliphatic rings. The second-order valence-electron chi connectivity index (χ2n) is 6.57. The van der Waals surface area contributed by atoms with Gasteiger partial charge in [-0.1, -0.05) is 73.7 Å². The second-order valence-corrected chi connectivity index (χ2v) is 6.57. The summed E-state index contributed by atoms with van der Waals surface area (Å²) in [4.78, 5) is 0. The lowest BCUT2D eigenvalue weighted by Gasteiger charge is -2.23. The van der Waals surface area contributed by atoms with Crippen molar-refractivity contribution < 1.29 is 28.6 Å². The van der Waals surface area contributed by atoms with Crippen molar-refractivity contribution in [1.29, 1.82) is 0 Å². The molecule has 126 valence electrons. The Hall–Kier alpha value is -1.94. The predicted octanol–water partition coefficient (Wildman–Crippen LogP) is 1.86. The van der Waals surface area contributed by atoms with Crippen molar-refractivity contribution in [1.82, 2.24) is 0 Å². The highest BCUT2D eigenvalue weighted by atomic mass is 127. The van der Waals surface area contributed by atoms with Gasteiger partial charge in [-0.2, -0.15) is 0 Å². The quantitative estimate of drug-likeness (QED) is 0.433. The third-order valence-corrected chi connectivity index (χ3v) is 4.82. The van der Waals surface area contributed by atoms with Gasteiger partial charge in [0.25, 0.3) is 0 Å². The molecular weight excluding hydrogens is 417 g/mol. The molecular formula is C23H22IN. The van der Waals surface area contributed by atoms with Gasteiger partial charge in [0.2, 0.25) is 5.71 Å². The third kappa shape index (κ3) is 3.69. The first kappa shape index (κ1) is 17.9. The van der Waals surface area contributed by atoms with Gasteiger partial charge in [0.05, 0.1) is 5.56 Å². The molecule has 0 saturated heterocycles. The SMILES string of the molecule is CC1C[N+](Cc2ccccc2)=C(c2ccccc2)c2ccccc21.[I-]. The lowest BCUT2D eigenvalue weighted by atomic mass is 9.87. The van der Waals surface area contributed by atoms with Gasteiger partial charge in [-0.15, -0.1) is 0 Å². The minimum Gasteiger partial charge on any atom is -1.00 e. The zero-order valence-corrected chi connectivity index (χ0v) is 16.6. The van der Waals surface area contributed by atoms with Crippen molar-refractivity contribution >= 4 is 5.71 Å². The molecule has 0 aromatic heterocycles. The van der Waals surface area contributed by atoms with Gasteiger partial charge < -0.3 is 24.0 Å². The maximum Gasteiger partial charge on any atom is 0.215 e. The molecule has 0 aliphatic carbocycles. The molecule has 0 radical (unpaired) electrons. The van der Waals surface area contributed by atoms with Crippen LogP contribution in [0.15, 0.2) is 84.9 Å². The van der Waals surface area contributed by atoms with Crippen LogP contribution in [0.2, 0.25) is 0 Å². The van der Waals surface area contributed by atoms with E-state index in [0.717, 1.165) is 13.1 Å². The Balaban J connectivity index is 0.00000182. The molecule has 25 heavy (non-hydrogen) atoms. The molecule has 3 aromatic rings. The first-order chi connectivity index (χ1) is 11.8. The van der Waals surface area contributed by atoms with Crippen LogP contribution in [-0.2, 0) is 6.54 Å². The van der Waals surface area contributed by atoms with E-state index in [-0.39, 0.29) is 24.0 Å². The number of fused-ring (bicyclic) bond motifs is 1. The Morgan fingerprint density at radius 3 is 2.12 bits per heavy atom. The summed E-state index contributed by atoms with van der Waals surface area (Å²) < 4.78 is 2.54. The van der Waals surface area contributed by atoms with E-state index in [9.17, 15) is 0 Å². The van der Waals surface area contributed by atoms with Crippen molar-refractivity contribution in [2.45, 2.75) is 19.4 Å². The second kappa shape index (κ2) is 7.96. The largest absolute Gasteiger partial charge is 1.00 e. The van der Waals surface area contributed by atoms with Crippen molar-refractivity contribution in [3.05, 3.63) is 107 Å². The highest BCUT2D eigenvalue weighted by molar-refractivity contribution is 6.11. The van der Waals surface area contributed by atoms with E-state index < -0.39 is 0 Å². The molecule has 1 unspecified atom stereocenters. The number of hydrogen-bond acceptors (Lipinski definition) is 0. The number of benzene rings is 3. The normalized spacial score (nSPS) is 16.1. The summed E-state index contributed by atoms with van der Waals surface area (Å²) >= 11 is 0. The van der Waals surface area contributed by atoms with E-state index in [0.29, 0.717) is 5.92 Å². The van der Waals surface area contributed by atoms with Crippen LogP contribution in [0, 0.1) is 0 Å². The van der Waals surface area contributed by atoms with Crippen LogP contribution in [-0.4, -0.2) is 16.8 Å². The lowest BCUT2D eigenvalue weighted by Crippen LogP contribution is -3.00. The van der Waals surface area contributed by atoms with Crippen molar-refractivity contribution in [3.8, 4) is 0 Å². The topological polar surface area (TPSA) is 3.01 Å². The molecule has 0 fully saturated rings. The molecule has 0 amide bonds. The lowest BCUT2D eigenvalue weighted by molar-refractivity contribution is -0.547. The van der Waals surface area contributed by atoms with Gasteiger partial charge in [-0.05, 0) is 23.8 Å². The monoisotopic (exact) mass is 439 g/mol. The Morgan fingerprint density at radius 2 is 1.40 bits per heavy atom. The predicted molar refractivity (Wildman–Crippen MR) is 99.8 cm³/mol. The third-order valence-electron chi connectivity index (χ3n) is 4.82. The van der Waals surface area contributed by atoms with E-state index >= 15 is 0 Å². The summed E-state index contributed by atoms with van der Waals surface area (Å²) in [5.74, 6) is 0.539. The fraction of sp³-hybridized carbons (Fsp3) is 0.174. The van der Waals surface area contributed by atoms with Gasteiger partial charge in [0.15, 0.2) is 6.54 Å². The molecule has 1 aliphatic heterocycles. The molecule has 4 rings (SSSR count). The summed E-state index contributed by atoms with van der Waals surface area (Å²) in [5.41, 5.74) is 6.84. The van der Waals surface area contributed by atoms with E-state index in [1.54, 1.807) is 0 Å². The summed E-state index contributed by atoms with van der Waals surface area (Å²) in [6.45, 7) is 4.33. The Bertz CT molecular complexity index is 869. The molecule has 0 bridgehead atoms. The van der Waals surface area contributed by atoms with Gasteiger partial charge >= 0.3 is 0 Å². The first-order valence-corrected chi connectivity index (χ1v) is 8.63. The Labute approximate surface area is 167 Å². The van der Waals surface area contributed by atoms with Crippen molar-refractivity contribution in [2.75, 3.05) is 6.54 Å². The van der Waals surface area contributed by atoms with Crippen molar-refractivity contribution in [2.24, 2.45) is 0 Å². The van der Waals surface area contributed by atoms with E-state index in [4.69, 9.17) is 0 Å². The first-order valence-electron chi connectivity index (χ1n) is 8.63. The Kier molecular flexibility index (Phi) is 5.69. The van der Waals surface area contributed by atoms with Crippen LogP contribution in [0.3, 0.4) is 0 Å². The standard InChI is InChI=1S/C23H22N.HI/c1-18-16-24(17-19-10-4-2-5-11-19)23(20-12-6-3-7-13-20)22-15-9-8-14-21(18)22;/h2-15,18H,16-17H2,1H3;1H/q+1;/p-1. The molecule has 0 N–H and O–H groups in total. The van der Waals surface area contributed by atoms with Crippen LogP contribution in [0.5, 0.6) is 0 Å². The smallest absolute Gasteiger partial charge is 0.215 e. The van der Waals surface area contributed by atoms with Gasteiger partial charge in [0.1, 0.15) is 6.54 Å². The van der Waals surface area contributed by atoms with E-state index in [1.807, 2.05) is 0 Å². The fourth-order valence-corrected chi connectivity index (χ4v) is 3.71. The van der Waals surface area contributed by atoms with Crippen LogP contribution >= 0.6 is 0 Å². The van der Waals surface area contributed by atoms with Gasteiger partial charge in [-0.25, -0.2) is 4.58 Å². The number of nitrogens with zero attached hydrogens (tertiary/aromatic N) is 1. The summed E-state index contributed by atoms with van der Waals surface area (Å²) in [6, 6.07) is 30.4. The molecule has 1 heterocycles. The van der Waals surface area contributed by atoms with E-state index in [1.165, 1.54) is 28.0 Å². The Morgan fingerprint density at radius 1 is 0.800 bits per heavy atom. The fourth-order valence-electron chi connectivity index (χ4n) is 3.71. The maximum atomic E-state index is 2.54. The summed E-state index contributed by atoms with van der Waals surface area (Å²) in [7, 11) is 0. The molecule has 1 nitrogen and oxygen atoms in total.